The molecule has 0 aliphatic heterocycles. The summed E-state index contributed by atoms with van der Waals surface area (Å²) < 4.78 is 15.5. The number of nitrogens with one attached hydrogen (secondary N) is 10. The first kappa shape index (κ1) is 103. The first-order valence-corrected chi connectivity index (χ1v) is 39.0. The van der Waals surface area contributed by atoms with Crippen LogP contribution in [0.5, 0.6) is 0 Å². The Labute approximate surface area is 708 Å². The Balaban J connectivity index is 1.13. The van der Waals surface area contributed by atoms with Crippen LogP contribution in [0.3, 0.4) is 0 Å². The molecule has 0 fully saturated rings. The summed E-state index contributed by atoms with van der Waals surface area (Å²) in [6.07, 6.45) is -12.6. The third-order valence-electron chi connectivity index (χ3n) is 19.0. The molecule has 0 saturated carbocycles. The maximum atomic E-state index is 14.3. The number of unbranched alkanes of at least 4 members (excludes halogenated alkanes) is 2. The summed E-state index contributed by atoms with van der Waals surface area (Å²) in [5.74, 6) is -29.4. The number of rotatable bonds is 59. The molecule has 4 aromatic rings. The van der Waals surface area contributed by atoms with Gasteiger partial charge < -0.3 is 116 Å². The van der Waals surface area contributed by atoms with Gasteiger partial charge in [-0.15, -0.1) is 5.10 Å². The molecule has 680 valence electrons. The van der Waals surface area contributed by atoms with Gasteiger partial charge in [-0.1, -0.05) is 48.4 Å². The van der Waals surface area contributed by atoms with Gasteiger partial charge in [0.2, 0.25) is 65.0 Å². The minimum absolute atomic E-state index is 0.0388. The van der Waals surface area contributed by atoms with E-state index in [4.69, 9.17) is 16.6 Å². The molecule has 0 bridgehead atoms. The first-order valence-electron chi connectivity index (χ1n) is 39.0. The Bertz CT molecular complexity index is 4670. The summed E-state index contributed by atoms with van der Waals surface area (Å²) in [4.78, 5) is 272. The monoisotopic (exact) mass is 1760 g/mol. The van der Waals surface area contributed by atoms with Gasteiger partial charge in [-0.2, -0.15) is 4.68 Å². The van der Waals surface area contributed by atoms with E-state index in [-0.39, 0.29) is 36.7 Å². The zero-order valence-corrected chi connectivity index (χ0v) is 67.3. The SMILES string of the molecule is Cc1ccc(F)c(CC(=O)Nc2ccc(-c3cccc4c3c(N)nn4C(=O)CCCCCNC(=O)C[C@H](N)C(=O)N[C@@H](CCC(=O)N[C@@H](CCC(=O)N[C@@H](CCC(=O)N[C@@H](CCC(=O)N[C@@H](CCC(=O)N[C@@H](CCC(=O)N[C@@H](CCC(=O)N[C@@H](CCC(=O)C[C@@H](CCC(=O)O)C(=O)O)C(=O)O)C(=O)O)C(=O)O)C(=O)O)C(=O)O)C(=O)O)C(=O)O)C(=O)O)cc2)c1. The number of aromatic nitrogens is 2. The fourth-order valence-corrected chi connectivity index (χ4v) is 12.3. The summed E-state index contributed by atoms with van der Waals surface area (Å²) in [5.41, 5.74) is 15.6. The number of nitrogens with two attached hydrogens (primary N) is 2. The summed E-state index contributed by atoms with van der Waals surface area (Å²) in [7, 11) is 0. The number of anilines is 2. The highest BCUT2D eigenvalue weighted by Gasteiger charge is 2.33. The molecule has 10 atom stereocenters. The van der Waals surface area contributed by atoms with Gasteiger partial charge in [-0.05, 0) is 119 Å². The largest absolute Gasteiger partial charge is 0.481 e. The van der Waals surface area contributed by atoms with Crippen molar-refractivity contribution >= 4 is 153 Å². The number of nitrogens with zero attached hydrogens (tertiary/aromatic N) is 2. The van der Waals surface area contributed by atoms with Crippen LogP contribution in [0.15, 0.2) is 60.7 Å². The molecular weight excluding hydrogens is 1660 g/mol. The second kappa shape index (κ2) is 51.4. The second-order valence-corrected chi connectivity index (χ2v) is 28.9. The molecule has 0 aliphatic carbocycles. The van der Waals surface area contributed by atoms with E-state index >= 15 is 0 Å². The lowest BCUT2D eigenvalue weighted by atomic mass is 9.94. The van der Waals surface area contributed by atoms with Gasteiger partial charge in [0.15, 0.2) is 5.82 Å². The normalized spacial score (nSPS) is 13.4. The van der Waals surface area contributed by atoms with Crippen molar-refractivity contribution in [2.75, 3.05) is 17.6 Å². The van der Waals surface area contributed by atoms with Gasteiger partial charge in [-0.3, -0.25) is 67.1 Å². The number of aliphatic carboxylic acids is 10. The number of carbonyl (C=O) groups is 22. The van der Waals surface area contributed by atoms with Crippen molar-refractivity contribution in [2.45, 2.75) is 222 Å². The van der Waals surface area contributed by atoms with Crippen molar-refractivity contribution in [2.24, 2.45) is 11.7 Å². The van der Waals surface area contributed by atoms with Gasteiger partial charge in [0.1, 0.15) is 59.9 Å². The maximum Gasteiger partial charge on any atom is 0.326 e. The summed E-state index contributed by atoms with van der Waals surface area (Å²) in [6.45, 7) is 1.89. The topological polar surface area (TPSA) is 768 Å². The third kappa shape index (κ3) is 37.2. The van der Waals surface area contributed by atoms with Crippen LogP contribution in [0.25, 0.3) is 22.0 Å². The lowest BCUT2D eigenvalue weighted by Crippen LogP contribution is -2.50. The van der Waals surface area contributed by atoms with Crippen molar-refractivity contribution in [3.63, 3.8) is 0 Å². The molecule has 3 aromatic carbocycles. The molecule has 1 aromatic heterocycles. The summed E-state index contributed by atoms with van der Waals surface area (Å²) in [6, 6.07) is 0.261. The molecule has 0 saturated heterocycles. The van der Waals surface area contributed by atoms with Crippen LogP contribution >= 0.6 is 0 Å². The maximum absolute atomic E-state index is 14.3. The van der Waals surface area contributed by atoms with Crippen LogP contribution in [0.1, 0.15) is 170 Å². The molecule has 1 heterocycles. The van der Waals surface area contributed by atoms with Gasteiger partial charge in [0.25, 0.3) is 0 Å². The lowest BCUT2D eigenvalue weighted by molar-refractivity contribution is -0.146. The molecule has 47 heteroatoms. The number of amides is 10. The summed E-state index contributed by atoms with van der Waals surface area (Å²) in [5, 5.41) is 122. The highest BCUT2D eigenvalue weighted by molar-refractivity contribution is 6.06. The number of carboxylic acid groups (broad SMARTS) is 10. The fourth-order valence-electron chi connectivity index (χ4n) is 12.3. The Kier molecular flexibility index (Phi) is 42.3. The second-order valence-electron chi connectivity index (χ2n) is 28.9. The molecule has 0 radical (unpaired) electrons. The van der Waals surface area contributed by atoms with Gasteiger partial charge >= 0.3 is 59.7 Å². The van der Waals surface area contributed by atoms with Crippen LogP contribution < -0.4 is 64.6 Å². The van der Waals surface area contributed by atoms with Gasteiger partial charge in [0.05, 0.1) is 35.7 Å². The highest BCUT2D eigenvalue weighted by atomic mass is 19.1. The number of Topliss-reactive ketones (excluding diaryl/α,β-unsaturated/α-hetero) is 1. The van der Waals surface area contributed by atoms with E-state index in [9.17, 15) is 156 Å². The van der Waals surface area contributed by atoms with E-state index < -0.39 is 319 Å². The van der Waals surface area contributed by atoms with Gasteiger partial charge in [0, 0.05) is 82.9 Å². The highest BCUT2D eigenvalue weighted by Crippen LogP contribution is 2.34. The quantitative estimate of drug-likeness (QED) is 0.0242. The van der Waals surface area contributed by atoms with E-state index in [1.54, 1.807) is 61.5 Å². The number of hydrogen-bond donors (Lipinski definition) is 22. The molecular formula is C78H99FN14O32. The van der Waals surface area contributed by atoms with E-state index in [0.29, 0.717) is 47.0 Å². The van der Waals surface area contributed by atoms with E-state index in [1.807, 2.05) is 26.6 Å². The van der Waals surface area contributed by atoms with Crippen molar-refractivity contribution in [1.29, 1.82) is 0 Å². The van der Waals surface area contributed by atoms with Crippen LogP contribution in [0.4, 0.5) is 15.9 Å². The number of carbonyl (C=O) groups excluding carboxylic acids is 12. The molecule has 0 unspecified atom stereocenters. The minimum atomic E-state index is -1.89. The standard InChI is InChI=1S/C78H99FN14O32/c1-38-9-16-45(79)41(34-38)36-64(103)83-42-13-10-39(11-14-42)44-6-5-7-55-67(44)68(81)92-93(55)65(104)8-3-2-4-33-82-63(102)37-46(80)69(107)91-54(78(124)125)24-31-62(101)90-53(77(122)123)23-30-61(100)89-52(76(120)121)22-29-60(99)88-51(75(118)119)21-28-59(98)87-50(74(116)117)20-27-58(97)86-49(73(114)115)19-26-57(96)85-48(72(112)113)18-25-56(95)84-47(71(110)111)17-15-43(94)35-40(70(108)109)12-32-66(105)106/h5-7,9-11,13-14,16,34,40,46-54H,2-4,8,12,15,17-33,35-37,80H2,1H3,(H2,81,92)(H,82,102)(H,83,103)(H,84,95)(H,85,96)(H,86,97)(H,87,98)(H,88,99)(H,89,100)(H,90,101)(H,91,107)(H,105,106)(H,108,109)(H,110,111)(H,112,113)(H,114,115)(H,116,117)(H,118,119)(H,120,121)(H,122,123)(H,124,125)/t40-,46+,47+,48+,49+,50+,51+,52+,53+,54+/m1/s1. The lowest BCUT2D eigenvalue weighted by Gasteiger charge is -2.19. The van der Waals surface area contributed by atoms with Crippen LogP contribution in [0, 0.1) is 18.7 Å². The molecule has 10 amide bonds. The van der Waals surface area contributed by atoms with Gasteiger partial charge in [-0.25, -0.2) is 42.7 Å². The predicted octanol–water partition coefficient (Wildman–Crippen LogP) is -0.730. The molecule has 0 aliphatic rings. The number of hydrogen-bond acceptors (Lipinski definition) is 25. The Hall–Kier alpha value is -14.4. The predicted molar refractivity (Wildman–Crippen MR) is 426 cm³/mol. The van der Waals surface area contributed by atoms with Crippen LogP contribution in [-0.2, 0) is 107 Å². The number of halogens is 1. The molecule has 46 nitrogen and oxygen atoms in total. The Morgan fingerprint density at radius 1 is 0.408 bits per heavy atom. The number of ketones is 1. The van der Waals surface area contributed by atoms with E-state index in [2.05, 4.69) is 31.7 Å². The molecule has 24 N–H and O–H groups in total. The molecule has 125 heavy (non-hydrogen) atoms. The van der Waals surface area contributed by atoms with Crippen LogP contribution in [0.2, 0.25) is 0 Å². The number of benzene rings is 3. The molecule has 4 rings (SSSR count). The average Bonchev–Trinajstić information content (AvgIpc) is 1.62. The number of fused-ring (bicyclic) bond motifs is 1. The van der Waals surface area contributed by atoms with Crippen molar-refractivity contribution in [1.82, 2.24) is 57.6 Å². The number of nitrogen functional groups attached to an aromatic ring is 1. The fraction of sp³-hybridized carbons (Fsp3) is 0.474. The number of aryl methyl sites for hydroxylation is 1. The smallest absolute Gasteiger partial charge is 0.326 e. The molecule has 0 spiro atoms. The minimum Gasteiger partial charge on any atom is -0.481 e. The van der Waals surface area contributed by atoms with Crippen LogP contribution in [-0.4, -0.2) is 252 Å². The average molecular weight is 1760 g/mol. The van der Waals surface area contributed by atoms with Crippen molar-refractivity contribution < 1.29 is 161 Å². The first-order chi connectivity index (χ1) is 58.8. The zero-order chi connectivity index (χ0) is 93.5. The Morgan fingerprint density at radius 2 is 0.792 bits per heavy atom. The van der Waals surface area contributed by atoms with E-state index in [1.165, 1.54) is 10.7 Å². The Morgan fingerprint density at radius 3 is 1.17 bits per heavy atom. The van der Waals surface area contributed by atoms with Crippen molar-refractivity contribution in [3.8, 4) is 11.1 Å². The summed E-state index contributed by atoms with van der Waals surface area (Å²) >= 11 is 0. The zero-order valence-electron chi connectivity index (χ0n) is 67.3. The van der Waals surface area contributed by atoms with E-state index in [0.717, 1.165) is 5.56 Å². The number of carboxylic acids is 10. The van der Waals surface area contributed by atoms with Crippen molar-refractivity contribution in [3.05, 3.63) is 77.6 Å². The third-order valence-corrected chi connectivity index (χ3v) is 19.0.